The molecule has 0 amide bonds. The number of hydrogen-bond acceptors (Lipinski definition) is 3. The van der Waals surface area contributed by atoms with Crippen LogP contribution in [0.5, 0.6) is 0 Å². The summed E-state index contributed by atoms with van der Waals surface area (Å²) in [5.41, 5.74) is 0.574. The lowest BCUT2D eigenvalue weighted by Gasteiger charge is -2.11. The predicted octanol–water partition coefficient (Wildman–Crippen LogP) is 3.88. The molecule has 3 nitrogen and oxygen atoms in total. The van der Waals surface area contributed by atoms with Crippen LogP contribution >= 0.6 is 34.8 Å². The van der Waals surface area contributed by atoms with E-state index in [1.165, 1.54) is 6.07 Å². The fourth-order valence-electron chi connectivity index (χ4n) is 1.22. The molecular weight excluding hydrogens is 317 g/mol. The molecule has 0 aromatic heterocycles. The van der Waals surface area contributed by atoms with Gasteiger partial charge in [-0.25, -0.2) is 8.42 Å². The molecule has 1 N–H and O–H groups in total. The molecule has 0 heterocycles. The summed E-state index contributed by atoms with van der Waals surface area (Å²) in [6, 6.07) is 3.10. The minimum Gasteiger partial charge on any atom is -0.383 e. The minimum absolute atomic E-state index is 0.0429. The topological polar surface area (TPSA) is 46.2 Å². The normalized spacial score (nSPS) is 11.9. The quantitative estimate of drug-likeness (QED) is 0.833. The fraction of sp³-hybridized carbons (Fsp3) is 0.455. The van der Waals surface area contributed by atoms with Crippen LogP contribution in [0.2, 0.25) is 15.1 Å². The summed E-state index contributed by atoms with van der Waals surface area (Å²) in [5, 5.41) is 3.69. The van der Waals surface area contributed by atoms with E-state index in [1.54, 1.807) is 19.9 Å². The van der Waals surface area contributed by atoms with E-state index in [-0.39, 0.29) is 17.5 Å². The lowest BCUT2D eigenvalue weighted by Crippen LogP contribution is -2.23. The highest BCUT2D eigenvalue weighted by Gasteiger charge is 2.15. The monoisotopic (exact) mass is 329 g/mol. The molecule has 18 heavy (non-hydrogen) atoms. The van der Waals surface area contributed by atoms with Gasteiger partial charge in [-0.1, -0.05) is 34.8 Å². The third-order valence-electron chi connectivity index (χ3n) is 2.43. The molecule has 1 aromatic carbocycles. The number of hydrogen-bond donors (Lipinski definition) is 1. The lowest BCUT2D eigenvalue weighted by atomic mass is 10.3. The van der Waals surface area contributed by atoms with Crippen molar-refractivity contribution in [2.24, 2.45) is 0 Å². The van der Waals surface area contributed by atoms with Crippen molar-refractivity contribution < 1.29 is 8.42 Å². The Balaban J connectivity index is 2.68. The predicted molar refractivity (Wildman–Crippen MR) is 78.9 cm³/mol. The first kappa shape index (κ1) is 15.9. The van der Waals surface area contributed by atoms with Gasteiger partial charge < -0.3 is 5.32 Å². The van der Waals surface area contributed by atoms with Crippen LogP contribution in [0.4, 0.5) is 5.69 Å². The Labute approximate surface area is 122 Å². The van der Waals surface area contributed by atoms with Gasteiger partial charge in [0.25, 0.3) is 0 Å². The maximum absolute atomic E-state index is 11.6. The molecule has 0 aliphatic rings. The molecule has 0 unspecified atom stereocenters. The summed E-state index contributed by atoms with van der Waals surface area (Å²) < 4.78 is 23.2. The van der Waals surface area contributed by atoms with Crippen LogP contribution in [-0.2, 0) is 9.84 Å². The zero-order chi connectivity index (χ0) is 13.9. The van der Waals surface area contributed by atoms with Gasteiger partial charge in [-0.05, 0) is 26.0 Å². The van der Waals surface area contributed by atoms with Gasteiger partial charge >= 0.3 is 0 Å². The number of benzene rings is 1. The average molecular weight is 331 g/mol. The van der Waals surface area contributed by atoms with Gasteiger partial charge in [-0.15, -0.1) is 0 Å². The fourth-order valence-corrected chi connectivity index (χ4v) is 2.69. The number of rotatable bonds is 5. The van der Waals surface area contributed by atoms with Crippen LogP contribution in [0, 0.1) is 0 Å². The molecule has 0 fully saturated rings. The molecule has 0 aliphatic carbocycles. The maximum atomic E-state index is 11.6. The number of anilines is 1. The van der Waals surface area contributed by atoms with E-state index in [1.807, 2.05) is 0 Å². The minimum atomic E-state index is -3.06. The van der Waals surface area contributed by atoms with Crippen molar-refractivity contribution in [3.8, 4) is 0 Å². The summed E-state index contributed by atoms with van der Waals surface area (Å²) in [5.74, 6) is 0.0429. The van der Waals surface area contributed by atoms with Crippen LogP contribution in [-0.4, -0.2) is 26.0 Å². The zero-order valence-electron chi connectivity index (χ0n) is 10.0. The number of nitrogens with one attached hydrogen (secondary N) is 1. The Morgan fingerprint density at radius 3 is 2.22 bits per heavy atom. The van der Waals surface area contributed by atoms with Gasteiger partial charge in [-0.2, -0.15) is 0 Å². The Kier molecular flexibility index (Phi) is 5.59. The number of sulfone groups is 1. The molecule has 0 aliphatic heterocycles. The van der Waals surface area contributed by atoms with Crippen LogP contribution in [0.15, 0.2) is 12.1 Å². The van der Waals surface area contributed by atoms with Crippen molar-refractivity contribution in [1.82, 2.24) is 0 Å². The van der Waals surface area contributed by atoms with Gasteiger partial charge in [0, 0.05) is 6.54 Å². The molecule has 0 atom stereocenters. The molecule has 1 aromatic rings. The van der Waals surface area contributed by atoms with Crippen LogP contribution in [0.3, 0.4) is 0 Å². The van der Waals surface area contributed by atoms with E-state index in [4.69, 9.17) is 34.8 Å². The Hall–Kier alpha value is -0.160. The van der Waals surface area contributed by atoms with Crippen molar-refractivity contribution in [3.63, 3.8) is 0 Å². The van der Waals surface area contributed by atoms with E-state index in [9.17, 15) is 8.42 Å². The van der Waals surface area contributed by atoms with Crippen LogP contribution < -0.4 is 5.32 Å². The lowest BCUT2D eigenvalue weighted by molar-refractivity contribution is 0.588. The second kappa shape index (κ2) is 6.33. The molecule has 0 radical (unpaired) electrons. The highest BCUT2D eigenvalue weighted by molar-refractivity contribution is 7.92. The van der Waals surface area contributed by atoms with Gasteiger partial charge in [0.1, 0.15) is 0 Å². The Bertz CT molecular complexity index is 529. The molecule has 0 spiro atoms. The highest BCUT2D eigenvalue weighted by atomic mass is 35.5. The summed E-state index contributed by atoms with van der Waals surface area (Å²) in [6.45, 7) is 3.58. The zero-order valence-corrected chi connectivity index (χ0v) is 13.1. The van der Waals surface area contributed by atoms with Gasteiger partial charge in [-0.3, -0.25) is 0 Å². The third-order valence-corrected chi connectivity index (χ3v) is 5.67. The largest absolute Gasteiger partial charge is 0.383 e. The van der Waals surface area contributed by atoms with Crippen molar-refractivity contribution in [2.75, 3.05) is 17.6 Å². The molecule has 1 rings (SSSR count). The Morgan fingerprint density at radius 1 is 1.11 bits per heavy atom. The first-order valence-corrected chi connectivity index (χ1v) is 8.19. The molecular formula is C11H14Cl3NO2S. The second-order valence-electron chi connectivity index (χ2n) is 4.09. The van der Waals surface area contributed by atoms with Gasteiger partial charge in [0.05, 0.1) is 31.8 Å². The van der Waals surface area contributed by atoms with Crippen molar-refractivity contribution >= 4 is 50.3 Å². The van der Waals surface area contributed by atoms with Crippen molar-refractivity contribution in [3.05, 3.63) is 27.2 Å². The summed E-state index contributed by atoms with van der Waals surface area (Å²) in [7, 11) is -3.06. The van der Waals surface area contributed by atoms with Crippen LogP contribution in [0.25, 0.3) is 0 Å². The Morgan fingerprint density at radius 2 is 1.67 bits per heavy atom. The summed E-state index contributed by atoms with van der Waals surface area (Å²) in [4.78, 5) is 0. The molecule has 0 bridgehead atoms. The average Bonchev–Trinajstić information content (AvgIpc) is 2.25. The highest BCUT2D eigenvalue weighted by Crippen LogP contribution is 2.32. The smallest absolute Gasteiger partial charge is 0.154 e. The van der Waals surface area contributed by atoms with Crippen molar-refractivity contribution in [2.45, 2.75) is 19.1 Å². The molecule has 7 heteroatoms. The first-order valence-electron chi connectivity index (χ1n) is 5.34. The van der Waals surface area contributed by atoms with E-state index in [2.05, 4.69) is 5.32 Å². The maximum Gasteiger partial charge on any atom is 0.154 e. The summed E-state index contributed by atoms with van der Waals surface area (Å²) >= 11 is 17.6. The van der Waals surface area contributed by atoms with Crippen LogP contribution in [0.1, 0.15) is 13.8 Å². The van der Waals surface area contributed by atoms with Crippen molar-refractivity contribution in [1.29, 1.82) is 0 Å². The first-order chi connectivity index (χ1) is 8.24. The van der Waals surface area contributed by atoms with E-state index < -0.39 is 9.84 Å². The summed E-state index contributed by atoms with van der Waals surface area (Å²) in [6.07, 6.45) is 0. The SMILES string of the molecule is CC(C)S(=O)(=O)CCNc1cc(Cl)c(Cl)cc1Cl. The van der Waals surface area contributed by atoms with E-state index in [0.717, 1.165) is 0 Å². The second-order valence-corrected chi connectivity index (χ2v) is 7.99. The number of halogens is 3. The van der Waals surface area contributed by atoms with E-state index in [0.29, 0.717) is 20.8 Å². The molecule has 102 valence electrons. The third kappa shape index (κ3) is 4.19. The van der Waals surface area contributed by atoms with Gasteiger partial charge in [0.15, 0.2) is 9.84 Å². The molecule has 0 saturated heterocycles. The standard InChI is InChI=1S/C11H14Cl3NO2S/c1-7(2)18(16,17)4-3-15-11-6-9(13)8(12)5-10(11)14/h5-7,15H,3-4H2,1-2H3. The van der Waals surface area contributed by atoms with E-state index >= 15 is 0 Å². The van der Waals surface area contributed by atoms with Gasteiger partial charge in [0.2, 0.25) is 0 Å². The molecule has 0 saturated carbocycles.